The number of hydrogen-bond acceptors (Lipinski definition) is 5. The molecule has 7 heteroatoms. The molecule has 2 aliphatic rings. The van der Waals surface area contributed by atoms with Crippen LogP contribution in [0.4, 0.5) is 0 Å². The van der Waals surface area contributed by atoms with Crippen molar-refractivity contribution in [3.8, 4) is 0 Å². The first kappa shape index (κ1) is 17.3. The van der Waals surface area contributed by atoms with Gasteiger partial charge in [0.25, 0.3) is 5.91 Å². The summed E-state index contributed by atoms with van der Waals surface area (Å²) in [5, 5.41) is 8.42. The normalized spacial score (nSPS) is 20.1. The SMILES string of the molecule is CCCc1onc(C)c1C(=O)N1Cc2ccnn2C[C@H](OCC2CC2)C1. The number of carbonyl (C=O) groups excluding carboxylic acids is 1. The molecule has 1 aliphatic heterocycles. The van der Waals surface area contributed by atoms with Crippen molar-refractivity contribution < 1.29 is 14.1 Å². The van der Waals surface area contributed by atoms with E-state index < -0.39 is 0 Å². The van der Waals surface area contributed by atoms with Crippen molar-refractivity contribution in [3.05, 3.63) is 35.0 Å². The van der Waals surface area contributed by atoms with Crippen LogP contribution in [0, 0.1) is 12.8 Å². The minimum absolute atomic E-state index is 0.0260. The van der Waals surface area contributed by atoms with Gasteiger partial charge in [0.1, 0.15) is 11.3 Å². The van der Waals surface area contributed by atoms with E-state index in [-0.39, 0.29) is 12.0 Å². The molecule has 26 heavy (non-hydrogen) atoms. The number of hydrogen-bond donors (Lipinski definition) is 0. The number of fused-ring (bicyclic) bond motifs is 1. The smallest absolute Gasteiger partial charge is 0.259 e. The Morgan fingerprint density at radius 3 is 3.00 bits per heavy atom. The quantitative estimate of drug-likeness (QED) is 0.793. The van der Waals surface area contributed by atoms with Gasteiger partial charge in [-0.2, -0.15) is 5.10 Å². The van der Waals surface area contributed by atoms with Gasteiger partial charge in [0.2, 0.25) is 0 Å². The van der Waals surface area contributed by atoms with Crippen molar-refractivity contribution in [2.24, 2.45) is 5.92 Å². The van der Waals surface area contributed by atoms with E-state index in [1.807, 2.05) is 22.6 Å². The van der Waals surface area contributed by atoms with Crippen molar-refractivity contribution in [2.45, 2.75) is 58.7 Å². The first-order valence-corrected chi connectivity index (χ1v) is 9.52. The summed E-state index contributed by atoms with van der Waals surface area (Å²) in [6.45, 7) is 6.45. The minimum Gasteiger partial charge on any atom is -0.374 e. The van der Waals surface area contributed by atoms with Gasteiger partial charge in [-0.25, -0.2) is 0 Å². The van der Waals surface area contributed by atoms with Gasteiger partial charge in [-0.15, -0.1) is 0 Å². The number of amides is 1. The fraction of sp³-hybridized carbons (Fsp3) is 0.632. The number of carbonyl (C=O) groups is 1. The predicted octanol–water partition coefficient (Wildman–Crippen LogP) is 2.58. The summed E-state index contributed by atoms with van der Waals surface area (Å²) in [4.78, 5) is 15.2. The fourth-order valence-corrected chi connectivity index (χ4v) is 3.48. The molecular formula is C19H26N4O3. The van der Waals surface area contributed by atoms with Gasteiger partial charge in [0, 0.05) is 25.8 Å². The zero-order valence-electron chi connectivity index (χ0n) is 15.5. The highest BCUT2D eigenvalue weighted by molar-refractivity contribution is 5.96. The van der Waals surface area contributed by atoms with Crippen molar-refractivity contribution in [2.75, 3.05) is 13.2 Å². The van der Waals surface area contributed by atoms with Crippen LogP contribution in [-0.4, -0.2) is 45.0 Å². The summed E-state index contributed by atoms with van der Waals surface area (Å²) in [5.74, 6) is 1.35. The number of rotatable bonds is 6. The van der Waals surface area contributed by atoms with Gasteiger partial charge in [-0.05, 0) is 38.2 Å². The predicted molar refractivity (Wildman–Crippen MR) is 94.7 cm³/mol. The Morgan fingerprint density at radius 2 is 2.23 bits per heavy atom. The third-order valence-electron chi connectivity index (χ3n) is 5.13. The van der Waals surface area contributed by atoms with E-state index in [0.29, 0.717) is 42.6 Å². The monoisotopic (exact) mass is 358 g/mol. The van der Waals surface area contributed by atoms with E-state index in [1.54, 1.807) is 6.20 Å². The lowest BCUT2D eigenvalue weighted by Crippen LogP contribution is -2.38. The Kier molecular flexibility index (Phi) is 4.80. The third kappa shape index (κ3) is 3.53. The summed E-state index contributed by atoms with van der Waals surface area (Å²) in [6, 6.07) is 1.97. The molecule has 3 heterocycles. The molecule has 0 aromatic carbocycles. The van der Waals surface area contributed by atoms with E-state index in [0.717, 1.165) is 25.1 Å². The molecule has 1 atom stereocenters. The molecule has 1 amide bonds. The van der Waals surface area contributed by atoms with E-state index in [1.165, 1.54) is 12.8 Å². The zero-order chi connectivity index (χ0) is 18.1. The van der Waals surface area contributed by atoms with Crippen molar-refractivity contribution >= 4 is 5.91 Å². The lowest BCUT2D eigenvalue weighted by Gasteiger charge is -2.24. The van der Waals surface area contributed by atoms with Crippen LogP contribution in [0.2, 0.25) is 0 Å². The minimum atomic E-state index is -0.0458. The third-order valence-corrected chi connectivity index (χ3v) is 5.13. The maximum Gasteiger partial charge on any atom is 0.259 e. The zero-order valence-corrected chi connectivity index (χ0v) is 15.5. The molecular weight excluding hydrogens is 332 g/mol. The average molecular weight is 358 g/mol. The largest absolute Gasteiger partial charge is 0.374 e. The summed E-state index contributed by atoms with van der Waals surface area (Å²) in [7, 11) is 0. The van der Waals surface area contributed by atoms with Crippen LogP contribution in [0.5, 0.6) is 0 Å². The fourth-order valence-electron chi connectivity index (χ4n) is 3.48. The van der Waals surface area contributed by atoms with Gasteiger partial charge in [-0.1, -0.05) is 12.1 Å². The lowest BCUT2D eigenvalue weighted by molar-refractivity contribution is 0.0136. The molecule has 0 saturated heterocycles. The van der Waals surface area contributed by atoms with Crippen LogP contribution >= 0.6 is 0 Å². The molecule has 0 N–H and O–H groups in total. The van der Waals surface area contributed by atoms with Crippen LogP contribution in [0.3, 0.4) is 0 Å². The molecule has 2 aromatic heterocycles. The van der Waals surface area contributed by atoms with E-state index >= 15 is 0 Å². The summed E-state index contributed by atoms with van der Waals surface area (Å²) >= 11 is 0. The summed E-state index contributed by atoms with van der Waals surface area (Å²) < 4.78 is 13.5. The average Bonchev–Trinajstić information content (AvgIpc) is 3.30. The van der Waals surface area contributed by atoms with Crippen molar-refractivity contribution in [1.29, 1.82) is 0 Å². The van der Waals surface area contributed by atoms with Gasteiger partial charge in [-0.3, -0.25) is 9.48 Å². The van der Waals surface area contributed by atoms with Crippen LogP contribution < -0.4 is 0 Å². The Morgan fingerprint density at radius 1 is 1.38 bits per heavy atom. The first-order valence-electron chi connectivity index (χ1n) is 9.52. The summed E-state index contributed by atoms with van der Waals surface area (Å²) in [6.07, 6.45) is 5.87. The van der Waals surface area contributed by atoms with Crippen LogP contribution in [0.25, 0.3) is 0 Å². The van der Waals surface area contributed by atoms with Crippen LogP contribution in [-0.2, 0) is 24.2 Å². The molecule has 0 radical (unpaired) electrons. The lowest BCUT2D eigenvalue weighted by atomic mass is 10.1. The molecule has 2 aromatic rings. The number of ether oxygens (including phenoxy) is 1. The highest BCUT2D eigenvalue weighted by Crippen LogP contribution is 2.30. The van der Waals surface area contributed by atoms with Crippen LogP contribution in [0.1, 0.15) is 53.7 Å². The Labute approximate surface area is 153 Å². The van der Waals surface area contributed by atoms with Gasteiger partial charge in [0.15, 0.2) is 0 Å². The van der Waals surface area contributed by atoms with Crippen molar-refractivity contribution in [1.82, 2.24) is 19.8 Å². The standard InChI is InChI=1S/C19H26N4O3/c1-3-4-17-18(13(2)21-26-17)19(24)22-9-15-7-8-20-23(15)11-16(10-22)25-12-14-5-6-14/h7-8,14,16H,3-6,9-12H2,1-2H3/t16-/m1/s1. The molecule has 1 saturated carbocycles. The van der Waals surface area contributed by atoms with Gasteiger partial charge in [0.05, 0.1) is 30.6 Å². The molecule has 7 nitrogen and oxygen atoms in total. The maximum absolute atomic E-state index is 13.3. The van der Waals surface area contributed by atoms with Gasteiger partial charge >= 0.3 is 0 Å². The second-order valence-electron chi connectivity index (χ2n) is 7.41. The van der Waals surface area contributed by atoms with E-state index in [4.69, 9.17) is 9.26 Å². The highest BCUT2D eigenvalue weighted by Gasteiger charge is 2.31. The molecule has 1 aliphatic carbocycles. The van der Waals surface area contributed by atoms with Crippen LogP contribution in [0.15, 0.2) is 16.8 Å². The molecule has 0 spiro atoms. The maximum atomic E-state index is 13.3. The Bertz CT molecular complexity index is 778. The molecule has 0 unspecified atom stereocenters. The number of aromatic nitrogens is 3. The molecule has 0 bridgehead atoms. The second-order valence-corrected chi connectivity index (χ2v) is 7.41. The summed E-state index contributed by atoms with van der Waals surface area (Å²) in [5.41, 5.74) is 2.30. The number of aryl methyl sites for hydroxylation is 2. The van der Waals surface area contributed by atoms with E-state index in [9.17, 15) is 4.79 Å². The van der Waals surface area contributed by atoms with Crippen molar-refractivity contribution in [3.63, 3.8) is 0 Å². The Hall–Kier alpha value is -2.15. The second kappa shape index (κ2) is 7.23. The molecule has 1 fully saturated rings. The van der Waals surface area contributed by atoms with Gasteiger partial charge < -0.3 is 14.2 Å². The highest BCUT2D eigenvalue weighted by atomic mass is 16.5. The van der Waals surface area contributed by atoms with E-state index in [2.05, 4.69) is 17.2 Å². The first-order chi connectivity index (χ1) is 12.7. The molecule has 140 valence electrons. The topological polar surface area (TPSA) is 73.4 Å². The molecule has 4 rings (SSSR count). The number of nitrogens with zero attached hydrogens (tertiary/aromatic N) is 4. The Balaban J connectivity index is 1.57.